The average Bonchev–Trinajstić information content (AvgIpc) is 2.72. The molecular formula is C22H22N4O. The maximum atomic E-state index is 12.3. The SMILES string of the molecule is Cc1cccc(CNC(=O)c2cnc(N3CCc4ccccc4C3)nc2)c1. The van der Waals surface area contributed by atoms with E-state index >= 15 is 0 Å². The van der Waals surface area contributed by atoms with Crippen molar-refractivity contribution >= 4 is 11.9 Å². The Bertz CT molecular complexity index is 953. The van der Waals surface area contributed by atoms with E-state index in [0.717, 1.165) is 25.1 Å². The molecule has 1 amide bonds. The molecule has 0 bridgehead atoms. The smallest absolute Gasteiger partial charge is 0.254 e. The topological polar surface area (TPSA) is 58.1 Å². The average molecular weight is 358 g/mol. The summed E-state index contributed by atoms with van der Waals surface area (Å²) in [5, 5.41) is 2.92. The molecule has 4 rings (SSSR count). The number of benzene rings is 2. The van der Waals surface area contributed by atoms with Gasteiger partial charge in [-0.2, -0.15) is 0 Å². The van der Waals surface area contributed by atoms with Crippen LogP contribution in [0, 0.1) is 6.92 Å². The zero-order valence-electron chi connectivity index (χ0n) is 15.4. The van der Waals surface area contributed by atoms with Gasteiger partial charge in [0.15, 0.2) is 0 Å². The maximum Gasteiger partial charge on any atom is 0.254 e. The predicted octanol–water partition coefficient (Wildman–Crippen LogP) is 3.28. The second-order valence-corrected chi connectivity index (χ2v) is 6.88. The van der Waals surface area contributed by atoms with E-state index in [1.54, 1.807) is 12.4 Å². The lowest BCUT2D eigenvalue weighted by molar-refractivity contribution is 0.0950. The van der Waals surface area contributed by atoms with Crippen LogP contribution in [0.25, 0.3) is 0 Å². The molecule has 0 atom stereocenters. The van der Waals surface area contributed by atoms with Gasteiger partial charge < -0.3 is 10.2 Å². The Morgan fingerprint density at radius 1 is 1.07 bits per heavy atom. The Morgan fingerprint density at radius 3 is 2.63 bits per heavy atom. The molecule has 0 fully saturated rings. The zero-order valence-corrected chi connectivity index (χ0v) is 15.4. The Kier molecular flexibility index (Phi) is 4.83. The lowest BCUT2D eigenvalue weighted by Gasteiger charge is -2.28. The first-order chi connectivity index (χ1) is 13.2. The molecule has 1 aromatic heterocycles. The molecule has 136 valence electrons. The summed E-state index contributed by atoms with van der Waals surface area (Å²) >= 11 is 0. The van der Waals surface area contributed by atoms with Crippen LogP contribution >= 0.6 is 0 Å². The molecule has 2 aromatic carbocycles. The van der Waals surface area contributed by atoms with Crippen LogP contribution in [0.15, 0.2) is 60.9 Å². The summed E-state index contributed by atoms with van der Waals surface area (Å²) in [7, 11) is 0. The molecule has 0 saturated heterocycles. The van der Waals surface area contributed by atoms with E-state index in [9.17, 15) is 4.79 Å². The minimum Gasteiger partial charge on any atom is -0.348 e. The molecule has 0 saturated carbocycles. The van der Waals surface area contributed by atoms with Gasteiger partial charge in [0.25, 0.3) is 5.91 Å². The Balaban J connectivity index is 1.39. The van der Waals surface area contributed by atoms with Gasteiger partial charge in [-0.15, -0.1) is 0 Å². The van der Waals surface area contributed by atoms with Crippen molar-refractivity contribution in [3.8, 4) is 0 Å². The van der Waals surface area contributed by atoms with Crippen molar-refractivity contribution in [2.45, 2.75) is 26.4 Å². The lowest BCUT2D eigenvalue weighted by atomic mass is 10.0. The fourth-order valence-electron chi connectivity index (χ4n) is 3.37. The fraction of sp³-hybridized carbons (Fsp3) is 0.227. The number of aromatic nitrogens is 2. The number of rotatable bonds is 4. The molecule has 1 N–H and O–H groups in total. The summed E-state index contributed by atoms with van der Waals surface area (Å²) in [4.78, 5) is 23.3. The molecule has 5 heteroatoms. The second kappa shape index (κ2) is 7.58. The molecule has 3 aromatic rings. The standard InChI is InChI=1S/C22H22N4O/c1-16-5-4-6-17(11-16)12-23-21(27)20-13-24-22(25-14-20)26-10-9-18-7-2-3-8-19(18)15-26/h2-8,11,13-14H,9-10,12,15H2,1H3,(H,23,27). The van der Waals surface area contributed by atoms with Crippen molar-refractivity contribution in [3.05, 3.63) is 88.7 Å². The van der Waals surface area contributed by atoms with Crippen LogP contribution in [-0.4, -0.2) is 22.4 Å². The van der Waals surface area contributed by atoms with Crippen LogP contribution in [-0.2, 0) is 19.5 Å². The largest absolute Gasteiger partial charge is 0.348 e. The van der Waals surface area contributed by atoms with Gasteiger partial charge in [-0.3, -0.25) is 4.79 Å². The Hall–Kier alpha value is -3.21. The molecule has 5 nitrogen and oxygen atoms in total. The van der Waals surface area contributed by atoms with E-state index in [2.05, 4.69) is 50.5 Å². The third-order valence-electron chi connectivity index (χ3n) is 4.85. The minimum atomic E-state index is -0.160. The normalized spacial score (nSPS) is 13.1. The number of anilines is 1. The molecule has 0 aliphatic carbocycles. The summed E-state index contributed by atoms with van der Waals surface area (Å²) < 4.78 is 0. The third-order valence-corrected chi connectivity index (χ3v) is 4.85. The third kappa shape index (κ3) is 3.97. The van der Waals surface area contributed by atoms with Crippen LogP contribution < -0.4 is 10.2 Å². The molecule has 1 aliphatic rings. The van der Waals surface area contributed by atoms with E-state index in [4.69, 9.17) is 0 Å². The number of aryl methyl sites for hydroxylation is 1. The van der Waals surface area contributed by atoms with Crippen molar-refractivity contribution in [2.24, 2.45) is 0 Å². The maximum absolute atomic E-state index is 12.3. The summed E-state index contributed by atoms with van der Waals surface area (Å²) in [6, 6.07) is 16.6. The van der Waals surface area contributed by atoms with Gasteiger partial charge in [0, 0.05) is 32.0 Å². The molecule has 2 heterocycles. The van der Waals surface area contributed by atoms with Crippen molar-refractivity contribution in [3.63, 3.8) is 0 Å². The highest BCUT2D eigenvalue weighted by molar-refractivity contribution is 5.93. The highest BCUT2D eigenvalue weighted by Gasteiger charge is 2.18. The number of amides is 1. The first-order valence-electron chi connectivity index (χ1n) is 9.16. The van der Waals surface area contributed by atoms with Gasteiger partial charge in [-0.05, 0) is 30.0 Å². The van der Waals surface area contributed by atoms with Gasteiger partial charge in [0.1, 0.15) is 0 Å². The molecule has 1 aliphatic heterocycles. The van der Waals surface area contributed by atoms with Gasteiger partial charge in [-0.25, -0.2) is 9.97 Å². The summed E-state index contributed by atoms with van der Waals surface area (Å²) in [5.41, 5.74) is 5.43. The number of carbonyl (C=O) groups excluding carboxylic acids is 1. The summed E-state index contributed by atoms with van der Waals surface area (Å²) in [6.07, 6.45) is 4.20. The first kappa shape index (κ1) is 17.2. The molecular weight excluding hydrogens is 336 g/mol. The van der Waals surface area contributed by atoms with E-state index in [1.807, 2.05) is 25.1 Å². The monoisotopic (exact) mass is 358 g/mol. The first-order valence-corrected chi connectivity index (χ1v) is 9.16. The van der Waals surface area contributed by atoms with Crippen LogP contribution in [0.3, 0.4) is 0 Å². The fourth-order valence-corrected chi connectivity index (χ4v) is 3.37. The van der Waals surface area contributed by atoms with Crippen LogP contribution in [0.4, 0.5) is 5.95 Å². The van der Waals surface area contributed by atoms with Gasteiger partial charge in [-0.1, -0.05) is 54.1 Å². The highest BCUT2D eigenvalue weighted by Crippen LogP contribution is 2.21. The number of carbonyl (C=O) groups is 1. The van der Waals surface area contributed by atoms with Crippen LogP contribution in [0.5, 0.6) is 0 Å². The van der Waals surface area contributed by atoms with Gasteiger partial charge >= 0.3 is 0 Å². The Morgan fingerprint density at radius 2 is 1.85 bits per heavy atom. The van der Waals surface area contributed by atoms with Crippen LogP contribution in [0.1, 0.15) is 32.6 Å². The number of nitrogens with zero attached hydrogens (tertiary/aromatic N) is 3. The molecule has 27 heavy (non-hydrogen) atoms. The molecule has 0 unspecified atom stereocenters. The van der Waals surface area contributed by atoms with E-state index in [-0.39, 0.29) is 5.91 Å². The minimum absolute atomic E-state index is 0.160. The summed E-state index contributed by atoms with van der Waals surface area (Å²) in [6.45, 7) is 4.22. The van der Waals surface area contributed by atoms with Crippen molar-refractivity contribution in [1.29, 1.82) is 0 Å². The number of nitrogens with one attached hydrogen (secondary N) is 1. The molecule has 0 radical (unpaired) electrons. The second-order valence-electron chi connectivity index (χ2n) is 6.88. The Labute approximate surface area is 159 Å². The van der Waals surface area contributed by atoms with Crippen LogP contribution in [0.2, 0.25) is 0 Å². The molecule has 0 spiro atoms. The number of fused-ring (bicyclic) bond motifs is 1. The van der Waals surface area contributed by atoms with Crippen molar-refractivity contribution in [2.75, 3.05) is 11.4 Å². The lowest BCUT2D eigenvalue weighted by Crippen LogP contribution is -2.32. The van der Waals surface area contributed by atoms with Gasteiger partial charge in [0.2, 0.25) is 5.95 Å². The highest BCUT2D eigenvalue weighted by atomic mass is 16.1. The predicted molar refractivity (Wildman–Crippen MR) is 106 cm³/mol. The van der Waals surface area contributed by atoms with Crippen molar-refractivity contribution in [1.82, 2.24) is 15.3 Å². The number of hydrogen-bond acceptors (Lipinski definition) is 4. The van der Waals surface area contributed by atoms with Crippen molar-refractivity contribution < 1.29 is 4.79 Å². The zero-order chi connectivity index (χ0) is 18.6. The number of hydrogen-bond donors (Lipinski definition) is 1. The summed E-state index contributed by atoms with van der Waals surface area (Å²) in [5.74, 6) is 0.506. The van der Waals surface area contributed by atoms with E-state index in [0.29, 0.717) is 18.1 Å². The quantitative estimate of drug-likeness (QED) is 0.778. The van der Waals surface area contributed by atoms with E-state index in [1.165, 1.54) is 16.7 Å². The van der Waals surface area contributed by atoms with E-state index < -0.39 is 0 Å². The van der Waals surface area contributed by atoms with Gasteiger partial charge in [0.05, 0.1) is 5.56 Å².